The standard InChI is InChI=1S/C18H24BrNO2/c1-13(2)22-17-9-8-15(19)12-16(17)18(21)20-11-10-14-6-4-3-5-7-14/h6,8-9,12-13H,3-5,7,10-11H2,1-2H3,(H,20,21). The summed E-state index contributed by atoms with van der Waals surface area (Å²) >= 11 is 3.42. The molecule has 0 aliphatic heterocycles. The van der Waals surface area contributed by atoms with Gasteiger partial charge in [-0.25, -0.2) is 0 Å². The van der Waals surface area contributed by atoms with Crippen molar-refractivity contribution in [3.05, 3.63) is 39.9 Å². The Hall–Kier alpha value is -1.29. The van der Waals surface area contributed by atoms with Gasteiger partial charge in [0.2, 0.25) is 0 Å². The molecule has 1 aromatic carbocycles. The van der Waals surface area contributed by atoms with Crippen LogP contribution >= 0.6 is 15.9 Å². The predicted octanol–water partition coefficient (Wildman–Crippen LogP) is 4.86. The van der Waals surface area contributed by atoms with E-state index in [-0.39, 0.29) is 12.0 Å². The highest BCUT2D eigenvalue weighted by Gasteiger charge is 2.14. The number of nitrogens with one attached hydrogen (secondary N) is 1. The van der Waals surface area contributed by atoms with Gasteiger partial charge in [0.15, 0.2) is 0 Å². The van der Waals surface area contributed by atoms with Crippen molar-refractivity contribution in [3.8, 4) is 5.75 Å². The number of carbonyl (C=O) groups is 1. The van der Waals surface area contributed by atoms with E-state index in [1.807, 2.05) is 32.0 Å². The van der Waals surface area contributed by atoms with E-state index in [2.05, 4.69) is 27.3 Å². The van der Waals surface area contributed by atoms with Crippen LogP contribution in [0.5, 0.6) is 5.75 Å². The number of rotatable bonds is 6. The van der Waals surface area contributed by atoms with E-state index in [1.54, 1.807) is 0 Å². The van der Waals surface area contributed by atoms with Crippen LogP contribution in [0.4, 0.5) is 0 Å². The van der Waals surface area contributed by atoms with E-state index in [0.717, 1.165) is 10.9 Å². The van der Waals surface area contributed by atoms with Gasteiger partial charge in [0.25, 0.3) is 5.91 Å². The van der Waals surface area contributed by atoms with Crippen LogP contribution in [0.1, 0.15) is 56.3 Å². The minimum Gasteiger partial charge on any atom is -0.490 e. The molecule has 22 heavy (non-hydrogen) atoms. The molecule has 1 aliphatic rings. The summed E-state index contributed by atoms with van der Waals surface area (Å²) < 4.78 is 6.60. The Labute approximate surface area is 141 Å². The van der Waals surface area contributed by atoms with Crippen LogP contribution in [0.15, 0.2) is 34.3 Å². The van der Waals surface area contributed by atoms with Gasteiger partial charge in [0, 0.05) is 11.0 Å². The SMILES string of the molecule is CC(C)Oc1ccc(Br)cc1C(=O)NCCC1=CCCCC1. The molecule has 2 rings (SSSR count). The van der Waals surface area contributed by atoms with E-state index >= 15 is 0 Å². The molecule has 0 atom stereocenters. The Morgan fingerprint density at radius 3 is 2.86 bits per heavy atom. The first-order valence-electron chi connectivity index (χ1n) is 7.98. The molecular formula is C18H24BrNO2. The summed E-state index contributed by atoms with van der Waals surface area (Å²) in [7, 11) is 0. The van der Waals surface area contributed by atoms with E-state index in [0.29, 0.717) is 17.9 Å². The van der Waals surface area contributed by atoms with E-state index in [1.165, 1.54) is 31.3 Å². The summed E-state index contributed by atoms with van der Waals surface area (Å²) in [5, 5.41) is 3.01. The van der Waals surface area contributed by atoms with Crippen molar-refractivity contribution in [3.63, 3.8) is 0 Å². The fraction of sp³-hybridized carbons (Fsp3) is 0.500. The maximum absolute atomic E-state index is 12.4. The Kier molecular flexibility index (Phi) is 6.49. The normalized spacial score (nSPS) is 14.6. The van der Waals surface area contributed by atoms with Gasteiger partial charge >= 0.3 is 0 Å². The quantitative estimate of drug-likeness (QED) is 0.731. The molecule has 0 bridgehead atoms. The number of benzene rings is 1. The number of halogens is 1. The maximum atomic E-state index is 12.4. The Morgan fingerprint density at radius 1 is 1.36 bits per heavy atom. The number of hydrogen-bond donors (Lipinski definition) is 1. The largest absolute Gasteiger partial charge is 0.490 e. The van der Waals surface area contributed by atoms with Crippen LogP contribution in [0.3, 0.4) is 0 Å². The van der Waals surface area contributed by atoms with Crippen LogP contribution in [0.2, 0.25) is 0 Å². The molecular weight excluding hydrogens is 342 g/mol. The third-order valence-electron chi connectivity index (χ3n) is 3.67. The third-order valence-corrected chi connectivity index (χ3v) is 4.16. The highest BCUT2D eigenvalue weighted by atomic mass is 79.9. The smallest absolute Gasteiger partial charge is 0.255 e. The molecule has 120 valence electrons. The summed E-state index contributed by atoms with van der Waals surface area (Å²) in [6.45, 7) is 4.59. The van der Waals surface area contributed by atoms with Crippen molar-refractivity contribution in [1.29, 1.82) is 0 Å². The zero-order chi connectivity index (χ0) is 15.9. The van der Waals surface area contributed by atoms with E-state index < -0.39 is 0 Å². The zero-order valence-electron chi connectivity index (χ0n) is 13.3. The lowest BCUT2D eigenvalue weighted by Gasteiger charge is -2.16. The van der Waals surface area contributed by atoms with Crippen LogP contribution in [0.25, 0.3) is 0 Å². The number of carbonyl (C=O) groups excluding carboxylic acids is 1. The summed E-state index contributed by atoms with van der Waals surface area (Å²) in [5.74, 6) is 0.556. The molecule has 0 heterocycles. The van der Waals surface area contributed by atoms with Crippen LogP contribution in [-0.2, 0) is 0 Å². The molecule has 0 saturated heterocycles. The van der Waals surface area contributed by atoms with Gasteiger partial charge in [-0.2, -0.15) is 0 Å². The predicted molar refractivity (Wildman–Crippen MR) is 93.4 cm³/mol. The highest BCUT2D eigenvalue weighted by molar-refractivity contribution is 9.10. The molecule has 4 heteroatoms. The second-order valence-corrected chi connectivity index (χ2v) is 6.84. The monoisotopic (exact) mass is 365 g/mol. The van der Waals surface area contributed by atoms with Gasteiger partial charge in [-0.05, 0) is 64.2 Å². The maximum Gasteiger partial charge on any atom is 0.255 e. The van der Waals surface area contributed by atoms with E-state index in [9.17, 15) is 4.79 Å². The number of ether oxygens (including phenoxy) is 1. The van der Waals surface area contributed by atoms with Crippen LogP contribution in [-0.4, -0.2) is 18.6 Å². The minimum atomic E-state index is -0.0756. The van der Waals surface area contributed by atoms with Gasteiger partial charge in [-0.3, -0.25) is 4.79 Å². The molecule has 0 fully saturated rings. The molecule has 0 aromatic heterocycles. The average molecular weight is 366 g/mol. The first-order chi connectivity index (χ1) is 10.6. The van der Waals surface area contributed by atoms with E-state index in [4.69, 9.17) is 4.74 Å². The van der Waals surface area contributed by atoms with Crippen molar-refractivity contribution in [1.82, 2.24) is 5.32 Å². The topological polar surface area (TPSA) is 38.3 Å². The van der Waals surface area contributed by atoms with Gasteiger partial charge in [0.1, 0.15) is 5.75 Å². The van der Waals surface area contributed by atoms with Crippen LogP contribution < -0.4 is 10.1 Å². The number of hydrogen-bond acceptors (Lipinski definition) is 2. The first-order valence-corrected chi connectivity index (χ1v) is 8.78. The van der Waals surface area contributed by atoms with Gasteiger partial charge < -0.3 is 10.1 Å². The second kappa shape index (κ2) is 8.37. The first kappa shape index (κ1) is 17.1. The van der Waals surface area contributed by atoms with Gasteiger partial charge in [0.05, 0.1) is 11.7 Å². The Morgan fingerprint density at radius 2 is 2.18 bits per heavy atom. The average Bonchev–Trinajstić information content (AvgIpc) is 2.49. The summed E-state index contributed by atoms with van der Waals surface area (Å²) in [5.41, 5.74) is 2.06. The number of allylic oxidation sites excluding steroid dienone is 1. The third kappa shape index (κ3) is 5.16. The molecule has 0 unspecified atom stereocenters. The lowest BCUT2D eigenvalue weighted by molar-refractivity contribution is 0.0948. The summed E-state index contributed by atoms with van der Waals surface area (Å²) in [4.78, 5) is 12.4. The molecule has 0 spiro atoms. The molecule has 1 amide bonds. The zero-order valence-corrected chi connectivity index (χ0v) is 14.9. The van der Waals surface area contributed by atoms with Crippen molar-refractivity contribution in [2.24, 2.45) is 0 Å². The minimum absolute atomic E-state index is 0.0418. The second-order valence-electron chi connectivity index (χ2n) is 5.92. The van der Waals surface area contributed by atoms with Crippen molar-refractivity contribution in [2.75, 3.05) is 6.54 Å². The molecule has 1 N–H and O–H groups in total. The fourth-order valence-corrected chi connectivity index (χ4v) is 2.96. The van der Waals surface area contributed by atoms with Crippen molar-refractivity contribution in [2.45, 2.75) is 52.1 Å². The van der Waals surface area contributed by atoms with Gasteiger partial charge in [-0.15, -0.1) is 0 Å². The lowest BCUT2D eigenvalue weighted by atomic mass is 9.97. The molecule has 1 aromatic rings. The molecule has 1 aliphatic carbocycles. The Balaban J connectivity index is 1.96. The van der Waals surface area contributed by atoms with Crippen LogP contribution in [0, 0.1) is 0 Å². The van der Waals surface area contributed by atoms with Gasteiger partial charge in [-0.1, -0.05) is 27.6 Å². The summed E-state index contributed by atoms with van der Waals surface area (Å²) in [6, 6.07) is 5.54. The summed E-state index contributed by atoms with van der Waals surface area (Å²) in [6.07, 6.45) is 8.24. The lowest BCUT2D eigenvalue weighted by Crippen LogP contribution is -2.26. The molecule has 0 radical (unpaired) electrons. The Bertz CT molecular complexity index is 552. The highest BCUT2D eigenvalue weighted by Crippen LogP contribution is 2.24. The van der Waals surface area contributed by atoms with Crippen molar-refractivity contribution < 1.29 is 9.53 Å². The number of amides is 1. The van der Waals surface area contributed by atoms with Crippen molar-refractivity contribution >= 4 is 21.8 Å². The molecule has 3 nitrogen and oxygen atoms in total. The molecule has 0 saturated carbocycles. The fourth-order valence-electron chi connectivity index (χ4n) is 2.60.